The normalized spacial score (nSPS) is 12.6. The van der Waals surface area contributed by atoms with Gasteiger partial charge in [0.25, 0.3) is 0 Å². The number of sulfone groups is 1. The zero-order valence-electron chi connectivity index (χ0n) is 17.2. The fourth-order valence-electron chi connectivity index (χ4n) is 3.23. The minimum Gasteiger partial charge on any atom is -0.755 e. The summed E-state index contributed by atoms with van der Waals surface area (Å²) in [7, 11) is -3.27. The zero-order chi connectivity index (χ0) is 23.3. The molecule has 1 aromatic heterocycles. The largest absolute Gasteiger partial charge is 0.755 e. The molecular formula is C21H21FN3O5S2-. The molecule has 8 nitrogen and oxygen atoms in total. The van der Waals surface area contributed by atoms with Gasteiger partial charge in [0.15, 0.2) is 5.78 Å². The first-order valence-corrected chi connectivity index (χ1v) is 12.7. The number of carbonyl (C=O) groups excluding carboxylic acids is 1. The van der Waals surface area contributed by atoms with Gasteiger partial charge >= 0.3 is 0 Å². The Balaban J connectivity index is 1.86. The Morgan fingerprint density at radius 3 is 2.50 bits per heavy atom. The molecule has 0 saturated heterocycles. The minimum absolute atomic E-state index is 0.0266. The van der Waals surface area contributed by atoms with Crippen LogP contribution in [0.2, 0.25) is 0 Å². The van der Waals surface area contributed by atoms with E-state index < -0.39 is 32.7 Å². The van der Waals surface area contributed by atoms with Crippen LogP contribution in [0.25, 0.3) is 11.0 Å². The quantitative estimate of drug-likeness (QED) is 0.324. The van der Waals surface area contributed by atoms with E-state index in [1.165, 1.54) is 30.6 Å². The molecule has 170 valence electrons. The molecule has 3 aromatic rings. The predicted octanol–water partition coefficient (Wildman–Crippen LogP) is 2.82. The highest BCUT2D eigenvalue weighted by atomic mass is 32.2. The molecule has 0 amide bonds. The van der Waals surface area contributed by atoms with Gasteiger partial charge in [-0.1, -0.05) is 6.92 Å². The molecule has 1 unspecified atom stereocenters. The van der Waals surface area contributed by atoms with Crippen molar-refractivity contribution in [3.05, 3.63) is 65.7 Å². The Bertz CT molecular complexity index is 1270. The highest BCUT2D eigenvalue weighted by Crippen LogP contribution is 2.24. The summed E-state index contributed by atoms with van der Waals surface area (Å²) >= 11 is -2.74. The maximum Gasteiger partial charge on any atom is 0.196 e. The molecular weight excluding hydrogens is 457 g/mol. The van der Waals surface area contributed by atoms with Crippen molar-refractivity contribution in [1.82, 2.24) is 9.97 Å². The molecule has 2 aromatic carbocycles. The molecule has 0 aliphatic rings. The Labute approximate surface area is 187 Å². The number of hydrogen-bond acceptors (Lipinski definition) is 7. The van der Waals surface area contributed by atoms with Crippen molar-refractivity contribution in [2.24, 2.45) is 0 Å². The van der Waals surface area contributed by atoms with E-state index in [1.807, 2.05) is 0 Å². The topological polar surface area (TPSA) is 120 Å². The van der Waals surface area contributed by atoms with Crippen molar-refractivity contribution in [1.29, 1.82) is 0 Å². The molecule has 0 saturated carbocycles. The summed E-state index contributed by atoms with van der Waals surface area (Å²) in [5.74, 6) is -1.59. The molecule has 11 heteroatoms. The monoisotopic (exact) mass is 478 g/mol. The van der Waals surface area contributed by atoms with E-state index in [1.54, 1.807) is 13.0 Å². The van der Waals surface area contributed by atoms with Crippen LogP contribution in [0.1, 0.15) is 35.7 Å². The third-order valence-corrected chi connectivity index (χ3v) is 7.42. The van der Waals surface area contributed by atoms with Crippen molar-refractivity contribution in [2.45, 2.75) is 19.8 Å². The maximum absolute atomic E-state index is 14.5. The summed E-state index contributed by atoms with van der Waals surface area (Å²) in [6.45, 7) is 1.62. The van der Waals surface area contributed by atoms with Crippen LogP contribution in [-0.4, -0.2) is 51.0 Å². The number of hydrogen-bond donors (Lipinski definition) is 0. The summed E-state index contributed by atoms with van der Waals surface area (Å²) in [5, 5.41) is 0. The van der Waals surface area contributed by atoms with Crippen LogP contribution in [0.5, 0.6) is 0 Å². The van der Waals surface area contributed by atoms with Gasteiger partial charge in [0.1, 0.15) is 15.7 Å². The molecule has 0 aliphatic heterocycles. The summed E-state index contributed by atoms with van der Waals surface area (Å²) in [6, 6.07) is 7.96. The first kappa shape index (κ1) is 23.9. The van der Waals surface area contributed by atoms with E-state index in [-0.39, 0.29) is 41.3 Å². The van der Waals surface area contributed by atoms with Gasteiger partial charge in [0, 0.05) is 47.2 Å². The van der Waals surface area contributed by atoms with Crippen LogP contribution in [0.15, 0.2) is 48.8 Å². The van der Waals surface area contributed by atoms with Crippen molar-refractivity contribution in [3.8, 4) is 0 Å². The SMILES string of the molecule is CCCS(=O)(=O)CCCN(c1ccc(F)c(C(=O)c2ccc3nccnc3c2)c1)S(=O)[O-]. The summed E-state index contributed by atoms with van der Waals surface area (Å²) in [6.07, 6.45) is 3.53. The lowest BCUT2D eigenvalue weighted by atomic mass is 10.0. The lowest BCUT2D eigenvalue weighted by Crippen LogP contribution is -2.28. The number of halogens is 1. The number of anilines is 1. The van der Waals surface area contributed by atoms with Crippen LogP contribution >= 0.6 is 0 Å². The van der Waals surface area contributed by atoms with Crippen LogP contribution in [0.4, 0.5) is 10.1 Å². The van der Waals surface area contributed by atoms with Gasteiger partial charge in [-0.2, -0.15) is 0 Å². The Morgan fingerprint density at radius 1 is 1.09 bits per heavy atom. The minimum atomic E-state index is -3.27. The highest BCUT2D eigenvalue weighted by Gasteiger charge is 2.19. The van der Waals surface area contributed by atoms with Gasteiger partial charge in [-0.25, -0.2) is 12.8 Å². The van der Waals surface area contributed by atoms with Crippen LogP contribution < -0.4 is 4.31 Å². The van der Waals surface area contributed by atoms with Crippen molar-refractivity contribution in [2.75, 3.05) is 22.4 Å². The molecule has 1 heterocycles. The average molecular weight is 479 g/mol. The van der Waals surface area contributed by atoms with Crippen LogP contribution in [-0.2, 0) is 21.1 Å². The van der Waals surface area contributed by atoms with Crippen molar-refractivity contribution in [3.63, 3.8) is 0 Å². The lowest BCUT2D eigenvalue weighted by Gasteiger charge is -2.26. The number of fused-ring (bicyclic) bond motifs is 1. The lowest BCUT2D eigenvalue weighted by molar-refractivity contribution is 0.103. The molecule has 1 atom stereocenters. The first-order chi connectivity index (χ1) is 15.2. The highest BCUT2D eigenvalue weighted by molar-refractivity contribution is 7.91. The van der Waals surface area contributed by atoms with E-state index in [0.717, 1.165) is 16.4 Å². The van der Waals surface area contributed by atoms with Gasteiger partial charge in [-0.05, 0) is 49.2 Å². The number of ketones is 1. The fourth-order valence-corrected chi connectivity index (χ4v) is 5.19. The summed E-state index contributed by atoms with van der Waals surface area (Å²) in [4.78, 5) is 21.2. The van der Waals surface area contributed by atoms with E-state index in [9.17, 15) is 26.4 Å². The van der Waals surface area contributed by atoms with Gasteiger partial charge in [0.2, 0.25) is 0 Å². The van der Waals surface area contributed by atoms with Crippen molar-refractivity contribution < 1.29 is 26.4 Å². The number of aromatic nitrogens is 2. The van der Waals surface area contributed by atoms with Gasteiger partial charge in [-0.3, -0.25) is 19.0 Å². The third-order valence-electron chi connectivity index (χ3n) is 4.73. The molecule has 0 radical (unpaired) electrons. The van der Waals surface area contributed by atoms with E-state index in [0.29, 0.717) is 17.5 Å². The Kier molecular flexibility index (Phi) is 7.64. The molecule has 0 bridgehead atoms. The molecule has 0 N–H and O–H groups in total. The fraction of sp³-hybridized carbons (Fsp3) is 0.286. The third kappa shape index (κ3) is 5.72. The van der Waals surface area contributed by atoms with Gasteiger partial charge in [0.05, 0.1) is 22.3 Å². The van der Waals surface area contributed by atoms with Crippen LogP contribution in [0.3, 0.4) is 0 Å². The Morgan fingerprint density at radius 2 is 1.81 bits per heavy atom. The van der Waals surface area contributed by atoms with E-state index in [4.69, 9.17) is 0 Å². The smallest absolute Gasteiger partial charge is 0.196 e. The van der Waals surface area contributed by atoms with Crippen LogP contribution in [0, 0.1) is 5.82 Å². The number of benzene rings is 2. The van der Waals surface area contributed by atoms with Crippen molar-refractivity contribution >= 4 is 43.6 Å². The standard InChI is InChI=1S/C21H22FN3O5S2/c1-2-11-32(29,30)12-3-10-25(31(27)28)16-5-6-18(22)17(14-16)21(26)15-4-7-19-20(13-15)24-9-8-23-19/h4-9,13-14H,2-3,10-12H2,1H3,(H,27,28)/p-1. The predicted molar refractivity (Wildman–Crippen MR) is 119 cm³/mol. The second-order valence-electron chi connectivity index (χ2n) is 7.08. The molecule has 3 rings (SSSR count). The zero-order valence-corrected chi connectivity index (χ0v) is 18.9. The molecule has 0 spiro atoms. The van der Waals surface area contributed by atoms with Gasteiger partial charge in [-0.15, -0.1) is 0 Å². The second-order valence-corrected chi connectivity index (χ2v) is 10.3. The van der Waals surface area contributed by atoms with E-state index in [2.05, 4.69) is 9.97 Å². The van der Waals surface area contributed by atoms with E-state index >= 15 is 0 Å². The number of rotatable bonds is 10. The van der Waals surface area contributed by atoms with Gasteiger partial charge < -0.3 is 8.86 Å². The summed E-state index contributed by atoms with van der Waals surface area (Å²) < 4.78 is 62.6. The Hall–Kier alpha value is -2.76. The summed E-state index contributed by atoms with van der Waals surface area (Å²) in [5.41, 5.74) is 0.973. The second kappa shape index (κ2) is 10.2. The molecule has 0 aliphatic carbocycles. The molecule has 0 fully saturated rings. The number of carbonyl (C=O) groups is 1. The average Bonchev–Trinajstić information content (AvgIpc) is 2.76. The first-order valence-electron chi connectivity index (χ1n) is 9.84. The number of nitrogens with zero attached hydrogens (tertiary/aromatic N) is 3. The maximum atomic E-state index is 14.5. The molecule has 32 heavy (non-hydrogen) atoms.